The van der Waals surface area contributed by atoms with Crippen molar-refractivity contribution in [3.05, 3.63) is 75.8 Å². The molecule has 0 heterocycles. The second kappa shape index (κ2) is 7.94. The molecule has 0 bridgehead atoms. The third kappa shape index (κ3) is 3.52. The molecule has 0 spiro atoms. The number of esters is 1. The number of ether oxygens (including phenoxy) is 1. The Hall–Kier alpha value is -2.36. The van der Waals surface area contributed by atoms with Gasteiger partial charge in [0.15, 0.2) is 11.5 Å². The van der Waals surface area contributed by atoms with Crippen molar-refractivity contribution < 1.29 is 14.3 Å². The van der Waals surface area contributed by atoms with Gasteiger partial charge in [-0.05, 0) is 35.7 Å². The van der Waals surface area contributed by atoms with E-state index in [2.05, 4.69) is 0 Å². The minimum Gasteiger partial charge on any atom is -0.425 e. The Bertz CT molecular complexity index is 1060. The first-order chi connectivity index (χ1) is 13.6. The molecule has 1 saturated carbocycles. The number of carbonyl (C=O) groups is 2. The lowest BCUT2D eigenvalue weighted by atomic mass is 9.97. The van der Waals surface area contributed by atoms with Crippen LogP contribution in [-0.4, -0.2) is 11.8 Å². The molecule has 1 fully saturated rings. The number of benzene rings is 3. The van der Waals surface area contributed by atoms with E-state index in [-0.39, 0.29) is 39.0 Å². The summed E-state index contributed by atoms with van der Waals surface area (Å²) in [5, 5.41) is 1.99. The molecule has 28 heavy (non-hydrogen) atoms. The zero-order valence-electron chi connectivity index (χ0n) is 15.1. The van der Waals surface area contributed by atoms with E-state index in [1.54, 1.807) is 18.2 Å². The maximum atomic E-state index is 13.1. The first kappa shape index (κ1) is 19.0. The van der Waals surface area contributed by atoms with Gasteiger partial charge in [0.1, 0.15) is 5.02 Å². The van der Waals surface area contributed by atoms with Crippen LogP contribution in [0.3, 0.4) is 0 Å². The average Bonchev–Trinajstić information content (AvgIpc) is 3.26. The minimum atomic E-state index is -0.288. The van der Waals surface area contributed by atoms with Gasteiger partial charge in [0.05, 0.1) is 10.9 Å². The molecule has 0 aromatic heterocycles. The van der Waals surface area contributed by atoms with Gasteiger partial charge in [0, 0.05) is 11.1 Å². The molecule has 4 rings (SSSR count). The molecule has 0 atom stereocenters. The van der Waals surface area contributed by atoms with Crippen molar-refractivity contribution >= 4 is 45.7 Å². The summed E-state index contributed by atoms with van der Waals surface area (Å²) in [5.74, 6) is -0.411. The summed E-state index contributed by atoms with van der Waals surface area (Å²) in [6, 6.07) is 16.3. The van der Waals surface area contributed by atoms with E-state index in [0.29, 0.717) is 5.56 Å². The summed E-state index contributed by atoms with van der Waals surface area (Å²) in [4.78, 5) is 25.4. The first-order valence-electron chi connectivity index (χ1n) is 9.28. The lowest BCUT2D eigenvalue weighted by Crippen LogP contribution is -2.18. The molecule has 3 nitrogen and oxygen atoms in total. The molecule has 3 aromatic carbocycles. The molecule has 0 saturated heterocycles. The highest BCUT2D eigenvalue weighted by atomic mass is 35.5. The van der Waals surface area contributed by atoms with E-state index in [4.69, 9.17) is 27.9 Å². The van der Waals surface area contributed by atoms with Crippen LogP contribution in [0.4, 0.5) is 0 Å². The first-order valence-corrected chi connectivity index (χ1v) is 10.0. The van der Waals surface area contributed by atoms with Crippen LogP contribution in [-0.2, 0) is 4.79 Å². The van der Waals surface area contributed by atoms with Crippen LogP contribution in [0.25, 0.3) is 10.8 Å². The van der Waals surface area contributed by atoms with Crippen molar-refractivity contribution in [3.63, 3.8) is 0 Å². The predicted octanol–water partition coefficient (Wildman–Crippen LogP) is 6.47. The number of hydrogen-bond donors (Lipinski definition) is 0. The van der Waals surface area contributed by atoms with E-state index in [1.165, 1.54) is 0 Å². The molecule has 1 aliphatic rings. The third-order valence-corrected chi connectivity index (χ3v) is 6.09. The molecule has 142 valence electrons. The van der Waals surface area contributed by atoms with Gasteiger partial charge in [-0.2, -0.15) is 0 Å². The maximum Gasteiger partial charge on any atom is 0.314 e. The summed E-state index contributed by atoms with van der Waals surface area (Å²) in [7, 11) is 0. The van der Waals surface area contributed by atoms with E-state index in [0.717, 1.165) is 36.5 Å². The fourth-order valence-corrected chi connectivity index (χ4v) is 4.15. The van der Waals surface area contributed by atoms with Crippen LogP contribution in [0.2, 0.25) is 10.0 Å². The zero-order chi connectivity index (χ0) is 19.7. The number of hydrogen-bond acceptors (Lipinski definition) is 3. The smallest absolute Gasteiger partial charge is 0.314 e. The second-order valence-electron chi connectivity index (χ2n) is 7.00. The lowest BCUT2D eigenvalue weighted by Gasteiger charge is -2.13. The number of halogens is 2. The van der Waals surface area contributed by atoms with E-state index in [1.807, 2.05) is 36.4 Å². The van der Waals surface area contributed by atoms with Crippen LogP contribution in [0.15, 0.2) is 54.6 Å². The Morgan fingerprint density at radius 1 is 0.821 bits per heavy atom. The largest absolute Gasteiger partial charge is 0.425 e. The van der Waals surface area contributed by atoms with Crippen molar-refractivity contribution in [2.75, 3.05) is 0 Å². The highest BCUT2D eigenvalue weighted by Crippen LogP contribution is 2.37. The van der Waals surface area contributed by atoms with Crippen LogP contribution < -0.4 is 4.74 Å². The van der Waals surface area contributed by atoms with Crippen molar-refractivity contribution in [1.29, 1.82) is 0 Å². The average molecular weight is 413 g/mol. The van der Waals surface area contributed by atoms with Crippen LogP contribution in [0.1, 0.15) is 41.6 Å². The van der Waals surface area contributed by atoms with Gasteiger partial charge < -0.3 is 4.74 Å². The number of ketones is 1. The van der Waals surface area contributed by atoms with Gasteiger partial charge in [0.25, 0.3) is 0 Å². The number of rotatable bonds is 4. The zero-order valence-corrected chi connectivity index (χ0v) is 16.6. The fraction of sp³-hybridized carbons (Fsp3) is 0.217. The third-order valence-electron chi connectivity index (χ3n) is 5.22. The molecule has 0 radical (unpaired) electrons. The Kier molecular flexibility index (Phi) is 5.38. The van der Waals surface area contributed by atoms with Crippen molar-refractivity contribution in [1.82, 2.24) is 0 Å². The normalized spacial score (nSPS) is 14.4. The monoisotopic (exact) mass is 412 g/mol. The van der Waals surface area contributed by atoms with E-state index >= 15 is 0 Å². The van der Waals surface area contributed by atoms with Gasteiger partial charge in [0.2, 0.25) is 0 Å². The van der Waals surface area contributed by atoms with Crippen molar-refractivity contribution in [2.45, 2.75) is 25.7 Å². The predicted molar refractivity (Wildman–Crippen MR) is 111 cm³/mol. The van der Waals surface area contributed by atoms with Crippen LogP contribution >= 0.6 is 23.2 Å². The summed E-state index contributed by atoms with van der Waals surface area (Å²) in [5.41, 5.74) is 0.829. The highest BCUT2D eigenvalue weighted by Gasteiger charge is 2.26. The topological polar surface area (TPSA) is 43.4 Å². The fourth-order valence-electron chi connectivity index (χ4n) is 3.71. The molecule has 0 N–H and O–H groups in total. The summed E-state index contributed by atoms with van der Waals surface area (Å²) >= 11 is 12.7. The molecule has 1 aliphatic carbocycles. The highest BCUT2D eigenvalue weighted by molar-refractivity contribution is 6.45. The lowest BCUT2D eigenvalue weighted by molar-refractivity contribution is -0.138. The Morgan fingerprint density at radius 3 is 2.32 bits per heavy atom. The molecule has 0 unspecified atom stereocenters. The van der Waals surface area contributed by atoms with Gasteiger partial charge in [-0.25, -0.2) is 0 Å². The molecular formula is C23H18Cl2O3. The Balaban J connectivity index is 1.66. The van der Waals surface area contributed by atoms with Gasteiger partial charge in [-0.1, -0.05) is 78.5 Å². The van der Waals surface area contributed by atoms with Gasteiger partial charge >= 0.3 is 5.97 Å². The quantitative estimate of drug-likeness (QED) is 0.280. The van der Waals surface area contributed by atoms with Gasteiger partial charge in [-0.3, -0.25) is 9.59 Å². The van der Waals surface area contributed by atoms with Gasteiger partial charge in [-0.15, -0.1) is 0 Å². The standard InChI is InChI=1S/C23H18Cl2O3/c24-20-18(22(26)17-11-5-9-14-6-3-4-10-16(14)17)12-13-19(21(20)25)28-23(27)15-7-1-2-8-15/h3-6,9-13,15H,1-2,7-8H2. The summed E-state index contributed by atoms with van der Waals surface area (Å²) in [6.45, 7) is 0. The number of carbonyl (C=O) groups excluding carboxylic acids is 2. The minimum absolute atomic E-state index is 0.0825. The van der Waals surface area contributed by atoms with Crippen molar-refractivity contribution in [2.24, 2.45) is 5.92 Å². The summed E-state index contributed by atoms with van der Waals surface area (Å²) < 4.78 is 5.45. The summed E-state index contributed by atoms with van der Waals surface area (Å²) in [6.07, 6.45) is 3.74. The molecule has 0 aliphatic heterocycles. The Morgan fingerprint density at radius 2 is 1.54 bits per heavy atom. The molecule has 0 amide bonds. The van der Waals surface area contributed by atoms with E-state index < -0.39 is 0 Å². The molecule has 3 aromatic rings. The van der Waals surface area contributed by atoms with Crippen LogP contribution in [0, 0.1) is 5.92 Å². The second-order valence-corrected chi connectivity index (χ2v) is 7.75. The maximum absolute atomic E-state index is 13.1. The van der Waals surface area contributed by atoms with Crippen LogP contribution in [0.5, 0.6) is 5.75 Å². The molecule has 5 heteroatoms. The Labute approximate surface area is 173 Å². The van der Waals surface area contributed by atoms with Crippen molar-refractivity contribution in [3.8, 4) is 5.75 Å². The van der Waals surface area contributed by atoms with E-state index in [9.17, 15) is 9.59 Å². The number of fused-ring (bicyclic) bond motifs is 1. The SMILES string of the molecule is O=C(c1ccc(OC(=O)C2CCCC2)c(Cl)c1Cl)c1cccc2ccccc12. The molecular weight excluding hydrogens is 395 g/mol.